The zero-order valence-electron chi connectivity index (χ0n) is 11.1. The molecule has 0 spiro atoms. The van der Waals surface area contributed by atoms with Crippen LogP contribution >= 0.6 is 23.2 Å². The van der Waals surface area contributed by atoms with Crippen LogP contribution in [0.25, 0.3) is 5.69 Å². The number of benzene rings is 1. The zero-order chi connectivity index (χ0) is 14.2. The van der Waals surface area contributed by atoms with Gasteiger partial charge in [-0.3, -0.25) is 9.89 Å². The Kier molecular flexibility index (Phi) is 4.07. The van der Waals surface area contributed by atoms with Crippen LogP contribution in [0.2, 0.25) is 10.0 Å². The highest BCUT2D eigenvalue weighted by Gasteiger charge is 2.16. The lowest BCUT2D eigenvalue weighted by molar-refractivity contribution is 0.642. The molecule has 0 aliphatic heterocycles. The van der Waals surface area contributed by atoms with Crippen LogP contribution in [0, 0.1) is 12.8 Å². The molecule has 1 heterocycles. The van der Waals surface area contributed by atoms with Gasteiger partial charge in [0.2, 0.25) is 0 Å². The average molecular weight is 299 g/mol. The second-order valence-corrected chi connectivity index (χ2v) is 5.81. The van der Waals surface area contributed by atoms with E-state index in [0.717, 1.165) is 17.7 Å². The summed E-state index contributed by atoms with van der Waals surface area (Å²) in [5, 5.41) is 3.88. The summed E-state index contributed by atoms with van der Waals surface area (Å²) in [7, 11) is 0. The van der Waals surface area contributed by atoms with Crippen LogP contribution in [0.15, 0.2) is 23.0 Å². The molecule has 3 nitrogen and oxygen atoms in total. The molecule has 102 valence electrons. The Balaban J connectivity index is 2.59. The molecule has 0 unspecified atom stereocenters. The predicted octanol–water partition coefficient (Wildman–Crippen LogP) is 3.98. The van der Waals surface area contributed by atoms with Crippen molar-refractivity contribution >= 4 is 23.2 Å². The highest BCUT2D eigenvalue weighted by atomic mass is 35.5. The summed E-state index contributed by atoms with van der Waals surface area (Å²) in [6, 6.07) is 5.24. The van der Waals surface area contributed by atoms with Crippen molar-refractivity contribution in [3.8, 4) is 5.69 Å². The van der Waals surface area contributed by atoms with Gasteiger partial charge in [0.25, 0.3) is 5.56 Å². The molecular weight excluding hydrogens is 283 g/mol. The molecule has 2 aromatic rings. The first-order valence-electron chi connectivity index (χ1n) is 6.16. The topological polar surface area (TPSA) is 37.8 Å². The van der Waals surface area contributed by atoms with Gasteiger partial charge in [0.1, 0.15) is 0 Å². The van der Waals surface area contributed by atoms with Crippen molar-refractivity contribution in [2.45, 2.75) is 27.2 Å². The summed E-state index contributed by atoms with van der Waals surface area (Å²) >= 11 is 12.1. The second kappa shape index (κ2) is 5.43. The fourth-order valence-corrected chi connectivity index (χ4v) is 2.44. The van der Waals surface area contributed by atoms with Crippen LogP contribution in [-0.4, -0.2) is 9.78 Å². The zero-order valence-corrected chi connectivity index (χ0v) is 12.6. The van der Waals surface area contributed by atoms with Crippen LogP contribution in [-0.2, 0) is 6.42 Å². The number of hydrogen-bond acceptors (Lipinski definition) is 1. The van der Waals surface area contributed by atoms with Gasteiger partial charge in [0.15, 0.2) is 0 Å². The monoisotopic (exact) mass is 298 g/mol. The predicted molar refractivity (Wildman–Crippen MR) is 79.7 cm³/mol. The summed E-state index contributed by atoms with van der Waals surface area (Å²) in [5.74, 6) is 0.422. The van der Waals surface area contributed by atoms with Crippen LogP contribution in [0.3, 0.4) is 0 Å². The number of nitrogens with zero attached hydrogens (tertiary/aromatic N) is 1. The summed E-state index contributed by atoms with van der Waals surface area (Å²) < 4.78 is 1.46. The van der Waals surface area contributed by atoms with E-state index in [1.54, 1.807) is 18.2 Å². The largest absolute Gasteiger partial charge is 0.295 e. The first-order chi connectivity index (χ1) is 8.91. The van der Waals surface area contributed by atoms with Gasteiger partial charge in [-0.25, -0.2) is 4.68 Å². The Morgan fingerprint density at radius 1 is 1.32 bits per heavy atom. The third-order valence-electron chi connectivity index (χ3n) is 2.98. The highest BCUT2D eigenvalue weighted by Crippen LogP contribution is 2.27. The molecule has 2 rings (SSSR count). The molecule has 0 saturated heterocycles. The van der Waals surface area contributed by atoms with E-state index in [-0.39, 0.29) is 5.56 Å². The molecule has 0 atom stereocenters. The molecule has 1 aromatic carbocycles. The van der Waals surface area contributed by atoms with E-state index in [2.05, 4.69) is 18.9 Å². The third kappa shape index (κ3) is 2.72. The van der Waals surface area contributed by atoms with Gasteiger partial charge in [-0.05, 0) is 31.4 Å². The van der Waals surface area contributed by atoms with E-state index in [1.165, 1.54) is 4.68 Å². The lowest BCUT2D eigenvalue weighted by Crippen LogP contribution is -2.18. The van der Waals surface area contributed by atoms with Gasteiger partial charge in [0.05, 0.1) is 15.7 Å². The number of H-pyrrole nitrogens is 1. The first-order valence-corrected chi connectivity index (χ1v) is 6.92. The number of aryl methyl sites for hydroxylation is 1. The second-order valence-electron chi connectivity index (χ2n) is 5.03. The maximum Gasteiger partial charge on any atom is 0.274 e. The number of halogens is 2. The van der Waals surface area contributed by atoms with E-state index < -0.39 is 0 Å². The minimum Gasteiger partial charge on any atom is -0.295 e. The molecule has 0 amide bonds. The van der Waals surface area contributed by atoms with E-state index in [4.69, 9.17) is 23.2 Å². The van der Waals surface area contributed by atoms with Gasteiger partial charge in [-0.2, -0.15) is 0 Å². The van der Waals surface area contributed by atoms with Crippen molar-refractivity contribution in [2.24, 2.45) is 5.92 Å². The van der Waals surface area contributed by atoms with Gasteiger partial charge >= 0.3 is 0 Å². The summed E-state index contributed by atoms with van der Waals surface area (Å²) in [5.41, 5.74) is 2.19. The number of nitrogens with one attached hydrogen (secondary N) is 1. The molecule has 1 N–H and O–H groups in total. The summed E-state index contributed by atoms with van der Waals surface area (Å²) in [4.78, 5) is 12.4. The average Bonchev–Trinajstić information content (AvgIpc) is 2.60. The smallest absolute Gasteiger partial charge is 0.274 e. The van der Waals surface area contributed by atoms with E-state index >= 15 is 0 Å². The van der Waals surface area contributed by atoms with Crippen LogP contribution in [0.5, 0.6) is 0 Å². The molecule has 0 aliphatic carbocycles. The van der Waals surface area contributed by atoms with Crippen LogP contribution < -0.4 is 5.56 Å². The summed E-state index contributed by atoms with van der Waals surface area (Å²) in [6.07, 6.45) is 0.742. The SMILES string of the molecule is Cc1[nH]n(-c2cccc(Cl)c2Cl)c(=O)c1CC(C)C. The van der Waals surface area contributed by atoms with Crippen LogP contribution in [0.1, 0.15) is 25.1 Å². The highest BCUT2D eigenvalue weighted by molar-refractivity contribution is 6.43. The fraction of sp³-hybridized carbons (Fsp3) is 0.357. The molecule has 0 bridgehead atoms. The minimum atomic E-state index is -0.0598. The van der Waals surface area contributed by atoms with E-state index in [9.17, 15) is 4.79 Å². The molecule has 19 heavy (non-hydrogen) atoms. The summed E-state index contributed by atoms with van der Waals surface area (Å²) in [6.45, 7) is 6.07. The van der Waals surface area contributed by atoms with Crippen molar-refractivity contribution < 1.29 is 0 Å². The van der Waals surface area contributed by atoms with Crippen molar-refractivity contribution in [2.75, 3.05) is 0 Å². The molecule has 0 radical (unpaired) electrons. The van der Waals surface area contributed by atoms with Crippen molar-refractivity contribution in [3.63, 3.8) is 0 Å². The minimum absolute atomic E-state index is 0.0598. The van der Waals surface area contributed by atoms with Crippen molar-refractivity contribution in [1.82, 2.24) is 9.78 Å². The Hall–Kier alpha value is -1.19. The molecule has 0 aliphatic rings. The number of aromatic nitrogens is 2. The third-order valence-corrected chi connectivity index (χ3v) is 3.79. The maximum atomic E-state index is 12.4. The molecule has 1 aromatic heterocycles. The van der Waals surface area contributed by atoms with Crippen LogP contribution in [0.4, 0.5) is 0 Å². The van der Waals surface area contributed by atoms with Crippen molar-refractivity contribution in [3.05, 3.63) is 49.9 Å². The Morgan fingerprint density at radius 3 is 2.63 bits per heavy atom. The Bertz CT molecular complexity index is 656. The quantitative estimate of drug-likeness (QED) is 0.914. The number of aromatic amines is 1. The Labute approximate surface area is 122 Å². The lowest BCUT2D eigenvalue weighted by atomic mass is 10.0. The number of rotatable bonds is 3. The molecular formula is C14H16Cl2N2O. The van der Waals surface area contributed by atoms with E-state index in [1.807, 2.05) is 6.92 Å². The van der Waals surface area contributed by atoms with Gasteiger partial charge < -0.3 is 0 Å². The molecule has 5 heteroatoms. The van der Waals surface area contributed by atoms with Gasteiger partial charge in [-0.1, -0.05) is 43.1 Å². The van der Waals surface area contributed by atoms with Crippen molar-refractivity contribution in [1.29, 1.82) is 0 Å². The van der Waals surface area contributed by atoms with Gasteiger partial charge in [0, 0.05) is 11.3 Å². The fourth-order valence-electron chi connectivity index (χ4n) is 2.06. The standard InChI is InChI=1S/C14H16Cl2N2O/c1-8(2)7-10-9(3)17-18(14(10)19)12-6-4-5-11(15)13(12)16/h4-6,8,17H,7H2,1-3H3. The number of hydrogen-bond donors (Lipinski definition) is 1. The van der Waals surface area contributed by atoms with E-state index in [0.29, 0.717) is 21.7 Å². The lowest BCUT2D eigenvalue weighted by Gasteiger charge is -2.05. The first kappa shape index (κ1) is 14.2. The molecule has 0 fully saturated rings. The van der Waals surface area contributed by atoms with Gasteiger partial charge in [-0.15, -0.1) is 0 Å². The normalized spacial score (nSPS) is 11.3. The molecule has 0 saturated carbocycles. The Morgan fingerprint density at radius 2 is 2.00 bits per heavy atom. The maximum absolute atomic E-state index is 12.4.